The van der Waals surface area contributed by atoms with E-state index in [2.05, 4.69) is 31.3 Å². The summed E-state index contributed by atoms with van der Waals surface area (Å²) >= 11 is 0. The molecule has 3 N–H and O–H groups in total. The molecule has 0 aliphatic rings. The average Bonchev–Trinajstić information content (AvgIpc) is 3.29. The molecule has 0 aliphatic carbocycles. The lowest BCUT2D eigenvalue weighted by atomic mass is 10.0. The number of hydrogen-bond donors (Lipinski definition) is 3. The van der Waals surface area contributed by atoms with Crippen LogP contribution in [-0.4, -0.2) is 47.4 Å². The summed E-state index contributed by atoms with van der Waals surface area (Å²) in [6, 6.07) is -0.543. The molecule has 0 saturated heterocycles. The molecule has 2 unspecified atom stereocenters. The van der Waals surface area contributed by atoms with Crippen LogP contribution in [-0.2, 0) is 14.3 Å². The van der Waals surface area contributed by atoms with Crippen LogP contribution in [0.2, 0.25) is 0 Å². The second-order valence-corrected chi connectivity index (χ2v) is 20.0. The zero-order valence-corrected chi connectivity index (χ0v) is 43.3. The van der Waals surface area contributed by atoms with Gasteiger partial charge in [-0.1, -0.05) is 270 Å². The summed E-state index contributed by atoms with van der Waals surface area (Å²) in [6.45, 7) is 4.95. The Morgan fingerprint density at radius 1 is 0.422 bits per heavy atom. The number of esters is 1. The fraction of sp³-hybridized carbons (Fsp3) is 0.931. The Morgan fingerprint density at radius 2 is 0.734 bits per heavy atom. The Hall–Kier alpha value is -1.40. The van der Waals surface area contributed by atoms with Gasteiger partial charge >= 0.3 is 5.97 Å². The third kappa shape index (κ3) is 50.0. The molecule has 1 amide bonds. The fourth-order valence-electron chi connectivity index (χ4n) is 9.11. The van der Waals surface area contributed by atoms with Gasteiger partial charge in [-0.25, -0.2) is 0 Å². The molecule has 64 heavy (non-hydrogen) atoms. The van der Waals surface area contributed by atoms with Crippen molar-refractivity contribution in [2.75, 3.05) is 13.2 Å². The third-order valence-corrected chi connectivity index (χ3v) is 13.6. The Labute approximate surface area is 399 Å². The molecule has 0 spiro atoms. The van der Waals surface area contributed by atoms with E-state index in [1.165, 1.54) is 244 Å². The Bertz CT molecular complexity index is 955. The number of allylic oxidation sites excluding steroid dienone is 2. The van der Waals surface area contributed by atoms with Crippen LogP contribution in [0.15, 0.2) is 12.2 Å². The van der Waals surface area contributed by atoms with Gasteiger partial charge in [-0.2, -0.15) is 0 Å². The first-order valence-corrected chi connectivity index (χ1v) is 28.9. The summed E-state index contributed by atoms with van der Waals surface area (Å²) < 4.78 is 5.48. The highest BCUT2D eigenvalue weighted by atomic mass is 16.5. The van der Waals surface area contributed by atoms with Crippen LogP contribution < -0.4 is 5.32 Å². The van der Waals surface area contributed by atoms with Crippen LogP contribution in [0.1, 0.15) is 322 Å². The minimum Gasteiger partial charge on any atom is -0.466 e. The lowest BCUT2D eigenvalue weighted by molar-refractivity contribution is -0.143. The first-order valence-electron chi connectivity index (χ1n) is 28.9. The van der Waals surface area contributed by atoms with E-state index in [-0.39, 0.29) is 18.5 Å². The van der Waals surface area contributed by atoms with Gasteiger partial charge in [0.25, 0.3) is 0 Å². The number of hydrogen-bond acceptors (Lipinski definition) is 5. The van der Waals surface area contributed by atoms with Crippen molar-refractivity contribution in [1.82, 2.24) is 5.32 Å². The van der Waals surface area contributed by atoms with Gasteiger partial charge in [0, 0.05) is 12.8 Å². The summed E-state index contributed by atoms with van der Waals surface area (Å²) in [5, 5.41) is 23.2. The van der Waals surface area contributed by atoms with Crippen LogP contribution in [0.3, 0.4) is 0 Å². The average molecular weight is 905 g/mol. The predicted octanol–water partition coefficient (Wildman–Crippen LogP) is 17.7. The number of amides is 1. The van der Waals surface area contributed by atoms with Crippen molar-refractivity contribution >= 4 is 11.9 Å². The van der Waals surface area contributed by atoms with Crippen molar-refractivity contribution in [3.63, 3.8) is 0 Å². The van der Waals surface area contributed by atoms with Gasteiger partial charge in [0.2, 0.25) is 5.91 Å². The minimum absolute atomic E-state index is 0.0000554. The first kappa shape index (κ1) is 62.6. The quantitative estimate of drug-likeness (QED) is 0.0321. The maximum absolute atomic E-state index is 12.5. The number of unbranched alkanes of at least 4 members (excludes halogenated alkanes) is 41. The molecule has 2 atom stereocenters. The normalized spacial score (nSPS) is 12.6. The fourth-order valence-corrected chi connectivity index (χ4v) is 9.11. The molecular formula is C58H113NO5. The molecule has 0 fully saturated rings. The van der Waals surface area contributed by atoms with E-state index < -0.39 is 12.1 Å². The van der Waals surface area contributed by atoms with Gasteiger partial charge < -0.3 is 20.3 Å². The molecule has 0 bridgehead atoms. The van der Waals surface area contributed by atoms with Crippen LogP contribution >= 0.6 is 0 Å². The number of aliphatic hydroxyl groups excluding tert-OH is 2. The number of rotatable bonds is 54. The van der Waals surface area contributed by atoms with E-state index >= 15 is 0 Å². The van der Waals surface area contributed by atoms with Gasteiger partial charge in [-0.05, 0) is 51.4 Å². The predicted molar refractivity (Wildman–Crippen MR) is 278 cm³/mol. The van der Waals surface area contributed by atoms with Gasteiger partial charge in [0.1, 0.15) is 0 Å². The van der Waals surface area contributed by atoms with E-state index in [1.54, 1.807) is 0 Å². The molecule has 0 aliphatic heterocycles. The van der Waals surface area contributed by atoms with Crippen molar-refractivity contribution in [1.29, 1.82) is 0 Å². The summed E-state index contributed by atoms with van der Waals surface area (Å²) in [5.74, 6) is -0.0376. The second-order valence-electron chi connectivity index (χ2n) is 20.0. The second kappa shape index (κ2) is 54.2. The van der Waals surface area contributed by atoms with E-state index in [9.17, 15) is 19.8 Å². The Morgan fingerprint density at radius 3 is 1.11 bits per heavy atom. The van der Waals surface area contributed by atoms with E-state index in [0.29, 0.717) is 25.9 Å². The maximum Gasteiger partial charge on any atom is 0.305 e. The zero-order valence-electron chi connectivity index (χ0n) is 43.3. The van der Waals surface area contributed by atoms with E-state index in [4.69, 9.17) is 4.74 Å². The highest BCUT2D eigenvalue weighted by molar-refractivity contribution is 5.76. The molecule has 6 nitrogen and oxygen atoms in total. The zero-order chi connectivity index (χ0) is 46.5. The van der Waals surface area contributed by atoms with E-state index in [1.807, 2.05) is 0 Å². The molecular weight excluding hydrogens is 791 g/mol. The number of carbonyl (C=O) groups is 2. The van der Waals surface area contributed by atoms with Crippen LogP contribution in [0.4, 0.5) is 0 Å². The molecule has 0 heterocycles. The topological polar surface area (TPSA) is 95.9 Å². The monoisotopic (exact) mass is 904 g/mol. The number of ether oxygens (including phenoxy) is 1. The molecule has 0 rings (SSSR count). The summed E-state index contributed by atoms with van der Waals surface area (Å²) in [6.07, 6.45) is 63.4. The number of aliphatic hydroxyl groups is 2. The number of nitrogens with one attached hydrogen (secondary N) is 1. The van der Waals surface area contributed by atoms with Crippen molar-refractivity contribution in [2.24, 2.45) is 0 Å². The standard InChI is InChI=1S/C58H113NO5/c1-3-5-7-9-11-13-15-17-23-28-32-36-40-44-48-52-58(63)64-53-49-45-41-37-33-29-25-22-20-19-21-24-27-31-35-39-43-47-51-57(62)59-55(54-60)56(61)50-46-42-38-34-30-26-18-16-14-12-10-8-6-4-2/h17,23,55-56,60-61H,3-16,18-22,24-54H2,1-2H3,(H,59,62)/b23-17-. The Balaban J connectivity index is 3.40. The highest BCUT2D eigenvalue weighted by Gasteiger charge is 2.20. The van der Waals surface area contributed by atoms with Gasteiger partial charge in [-0.15, -0.1) is 0 Å². The molecule has 380 valence electrons. The molecule has 0 radical (unpaired) electrons. The molecule has 0 aromatic rings. The van der Waals surface area contributed by atoms with Crippen molar-refractivity contribution in [3.8, 4) is 0 Å². The van der Waals surface area contributed by atoms with Gasteiger partial charge in [-0.3, -0.25) is 9.59 Å². The van der Waals surface area contributed by atoms with Gasteiger partial charge in [0.15, 0.2) is 0 Å². The molecule has 0 aromatic heterocycles. The number of carbonyl (C=O) groups excluding carboxylic acids is 2. The lowest BCUT2D eigenvalue weighted by Crippen LogP contribution is -2.45. The lowest BCUT2D eigenvalue weighted by Gasteiger charge is -2.22. The largest absolute Gasteiger partial charge is 0.466 e. The molecule has 6 heteroatoms. The minimum atomic E-state index is -0.666. The van der Waals surface area contributed by atoms with Crippen molar-refractivity contribution < 1.29 is 24.5 Å². The first-order chi connectivity index (χ1) is 31.5. The van der Waals surface area contributed by atoms with Gasteiger partial charge in [0.05, 0.1) is 25.4 Å². The van der Waals surface area contributed by atoms with Crippen molar-refractivity contribution in [3.05, 3.63) is 12.2 Å². The summed E-state index contributed by atoms with van der Waals surface area (Å²) in [4.78, 5) is 24.5. The maximum atomic E-state index is 12.5. The molecule has 0 aromatic carbocycles. The smallest absolute Gasteiger partial charge is 0.305 e. The van der Waals surface area contributed by atoms with E-state index in [0.717, 1.165) is 44.9 Å². The summed E-state index contributed by atoms with van der Waals surface area (Å²) in [7, 11) is 0. The molecule has 0 saturated carbocycles. The van der Waals surface area contributed by atoms with Crippen LogP contribution in [0, 0.1) is 0 Å². The SMILES string of the molecule is CCCCCCCC/C=C\CCCCCCCC(=O)OCCCCCCCCCCCCCCCCCCCCC(=O)NC(CO)C(O)CCCCCCCCCCCCCCCC. The Kier molecular flexibility index (Phi) is 53.0. The van der Waals surface area contributed by atoms with Crippen LogP contribution in [0.25, 0.3) is 0 Å². The summed E-state index contributed by atoms with van der Waals surface area (Å²) in [5.41, 5.74) is 0. The third-order valence-electron chi connectivity index (χ3n) is 13.6. The highest BCUT2D eigenvalue weighted by Crippen LogP contribution is 2.17. The van der Waals surface area contributed by atoms with Crippen LogP contribution in [0.5, 0.6) is 0 Å². The van der Waals surface area contributed by atoms with Crippen molar-refractivity contribution in [2.45, 2.75) is 334 Å².